The largest absolute Gasteiger partial charge is 0.446 e. The van der Waals surface area contributed by atoms with E-state index in [-0.39, 0.29) is 43.6 Å². The summed E-state index contributed by atoms with van der Waals surface area (Å²) in [6.45, 7) is 16.4. The highest BCUT2D eigenvalue weighted by molar-refractivity contribution is 6.02. The molecule has 4 amide bonds. The fourth-order valence-corrected chi connectivity index (χ4v) is 6.18. The lowest BCUT2D eigenvalue weighted by Gasteiger charge is -2.34. The van der Waals surface area contributed by atoms with Crippen LogP contribution in [0.25, 0.3) is 0 Å². The molecule has 3 N–H and O–H groups in total. The van der Waals surface area contributed by atoms with Crippen LogP contribution in [0.15, 0.2) is 35.3 Å². The minimum atomic E-state index is -1.12. The van der Waals surface area contributed by atoms with Crippen LogP contribution in [0.3, 0.4) is 0 Å². The molecule has 2 heterocycles. The van der Waals surface area contributed by atoms with Crippen molar-refractivity contribution in [3.63, 3.8) is 0 Å². The number of benzene rings is 1. The summed E-state index contributed by atoms with van der Waals surface area (Å²) in [5.41, 5.74) is 1.03. The zero-order valence-corrected chi connectivity index (χ0v) is 31.3. The molecule has 14 nitrogen and oxygen atoms in total. The van der Waals surface area contributed by atoms with Gasteiger partial charge in [0.15, 0.2) is 6.73 Å². The number of nitrogens with zero attached hydrogens (tertiary/aromatic N) is 3. The second-order valence-electron chi connectivity index (χ2n) is 14.3. The molecule has 0 aliphatic carbocycles. The fraction of sp³-hybridized carbons (Fsp3) is 0.676. The summed E-state index contributed by atoms with van der Waals surface area (Å²) in [7, 11) is 0. The van der Waals surface area contributed by atoms with Gasteiger partial charge >= 0.3 is 0 Å². The van der Waals surface area contributed by atoms with Crippen LogP contribution in [-0.2, 0) is 44.6 Å². The van der Waals surface area contributed by atoms with Crippen molar-refractivity contribution in [2.75, 3.05) is 52.7 Å². The van der Waals surface area contributed by atoms with Crippen LogP contribution in [-0.4, -0.2) is 128 Å². The third kappa shape index (κ3) is 13.3. The number of hydrogen-bond donors (Lipinski definition) is 3. The Bertz CT molecular complexity index is 1330. The van der Waals surface area contributed by atoms with E-state index in [4.69, 9.17) is 19.2 Å². The van der Waals surface area contributed by atoms with Crippen molar-refractivity contribution in [3.8, 4) is 0 Å². The molecule has 284 valence electrons. The van der Waals surface area contributed by atoms with Crippen LogP contribution >= 0.6 is 0 Å². The van der Waals surface area contributed by atoms with E-state index >= 15 is 0 Å². The average molecular weight is 715 g/mol. The molecule has 2 aliphatic rings. The molecule has 3 rings (SSSR count). The summed E-state index contributed by atoms with van der Waals surface area (Å²) in [5, 5.41) is 8.83. The Labute approximate surface area is 302 Å². The van der Waals surface area contributed by atoms with E-state index in [9.17, 15) is 24.0 Å². The number of aliphatic imine (C=N–C) groups is 1. The van der Waals surface area contributed by atoms with Gasteiger partial charge < -0.3 is 30.2 Å². The second kappa shape index (κ2) is 20.2. The van der Waals surface area contributed by atoms with Gasteiger partial charge in [0.1, 0.15) is 23.7 Å². The number of epoxide rings is 1. The maximum absolute atomic E-state index is 14.3. The molecule has 14 heteroatoms. The highest BCUT2D eigenvalue weighted by atomic mass is 16.6. The molecule has 2 aliphatic heterocycles. The van der Waals surface area contributed by atoms with Gasteiger partial charge in [-0.2, -0.15) is 0 Å². The summed E-state index contributed by atoms with van der Waals surface area (Å²) < 4.78 is 16.1. The van der Waals surface area contributed by atoms with Crippen molar-refractivity contribution in [2.45, 2.75) is 97.5 Å². The van der Waals surface area contributed by atoms with Crippen molar-refractivity contribution in [3.05, 3.63) is 35.9 Å². The van der Waals surface area contributed by atoms with Crippen molar-refractivity contribution in [1.82, 2.24) is 25.8 Å². The van der Waals surface area contributed by atoms with Gasteiger partial charge in [0.05, 0.1) is 38.1 Å². The zero-order valence-electron chi connectivity index (χ0n) is 31.3. The van der Waals surface area contributed by atoms with Gasteiger partial charge in [0.2, 0.25) is 23.6 Å². The van der Waals surface area contributed by atoms with E-state index in [0.29, 0.717) is 45.9 Å². The van der Waals surface area contributed by atoms with Crippen LogP contribution in [0.1, 0.15) is 66.9 Å². The Kier molecular flexibility index (Phi) is 16.5. The highest BCUT2D eigenvalue weighted by Crippen LogP contribution is 2.31. The molecule has 0 spiro atoms. The van der Waals surface area contributed by atoms with Gasteiger partial charge in [-0.05, 0) is 51.0 Å². The van der Waals surface area contributed by atoms with Crippen LogP contribution in [0.5, 0.6) is 0 Å². The topological polar surface area (TPSA) is 171 Å². The summed E-state index contributed by atoms with van der Waals surface area (Å²) in [5.74, 6) is -1.79. The Morgan fingerprint density at radius 1 is 0.961 bits per heavy atom. The number of ether oxygens (including phenoxy) is 3. The minimum Gasteiger partial charge on any atom is -0.446 e. The molecule has 1 aromatic rings. The number of nitrogens with one attached hydrogen (secondary N) is 3. The second-order valence-corrected chi connectivity index (χ2v) is 14.3. The van der Waals surface area contributed by atoms with E-state index in [1.54, 1.807) is 0 Å². The average Bonchev–Trinajstić information content (AvgIpc) is 3.84. The zero-order chi connectivity index (χ0) is 37.6. The van der Waals surface area contributed by atoms with Gasteiger partial charge in [-0.1, -0.05) is 58.0 Å². The standard InChI is InChI=1S/C37H58N6O8/c1-8-38-33(37(7)22-51-37)29(18-25(2)3)40-34(46)30(20-28-12-10-9-11-13-28)41-35(47)31(19-26(4)5)43(23-50-24-44)36(48)27(6)39-32(45)21-42-14-16-49-17-15-42/h9-13,24-27,29-31H,8,14-23H2,1-7H3,(H,39,45)(H,40,46)(H,41,47). The normalized spacial score (nSPS) is 20.1. The van der Waals surface area contributed by atoms with Crippen molar-refractivity contribution in [2.24, 2.45) is 16.8 Å². The van der Waals surface area contributed by atoms with Crippen molar-refractivity contribution >= 4 is 35.8 Å². The van der Waals surface area contributed by atoms with Crippen molar-refractivity contribution in [1.29, 1.82) is 0 Å². The molecular formula is C37H58N6O8. The smallest absolute Gasteiger partial charge is 0.294 e. The van der Waals surface area contributed by atoms with Crippen LogP contribution in [0.4, 0.5) is 0 Å². The predicted octanol–water partition coefficient (Wildman–Crippen LogP) is 1.71. The molecule has 2 saturated heterocycles. The molecule has 0 aromatic heterocycles. The number of rotatable bonds is 21. The molecule has 0 saturated carbocycles. The van der Waals surface area contributed by atoms with Gasteiger partial charge in [-0.25, -0.2) is 0 Å². The summed E-state index contributed by atoms with van der Waals surface area (Å²) >= 11 is 0. The molecule has 5 atom stereocenters. The van der Waals surface area contributed by atoms with Crippen molar-refractivity contribution < 1.29 is 38.2 Å². The quantitative estimate of drug-likeness (QED) is 0.0743. The van der Waals surface area contributed by atoms with Gasteiger partial charge in [-0.3, -0.25) is 38.8 Å². The highest BCUT2D eigenvalue weighted by Gasteiger charge is 2.48. The van der Waals surface area contributed by atoms with E-state index < -0.39 is 54.2 Å². The van der Waals surface area contributed by atoms with E-state index in [1.807, 2.05) is 62.9 Å². The predicted molar refractivity (Wildman–Crippen MR) is 193 cm³/mol. The summed E-state index contributed by atoms with van der Waals surface area (Å²) in [6, 6.07) is 5.75. The minimum absolute atomic E-state index is 0.0672. The molecule has 0 bridgehead atoms. The lowest BCUT2D eigenvalue weighted by molar-refractivity contribution is -0.154. The molecule has 1 aromatic carbocycles. The monoisotopic (exact) mass is 714 g/mol. The molecule has 2 fully saturated rings. The van der Waals surface area contributed by atoms with Crippen LogP contribution in [0, 0.1) is 11.8 Å². The van der Waals surface area contributed by atoms with Gasteiger partial charge in [0.25, 0.3) is 6.47 Å². The number of carbonyl (C=O) groups excluding carboxylic acids is 5. The number of carbonyl (C=O) groups is 5. The van der Waals surface area contributed by atoms with Crippen LogP contribution < -0.4 is 16.0 Å². The van der Waals surface area contributed by atoms with Gasteiger partial charge in [-0.15, -0.1) is 0 Å². The third-order valence-corrected chi connectivity index (χ3v) is 8.87. The summed E-state index contributed by atoms with van der Waals surface area (Å²) in [4.78, 5) is 74.4. The first-order valence-corrected chi connectivity index (χ1v) is 18.1. The SMILES string of the molecule is CCN=C(C(CC(C)C)NC(=O)C(Cc1ccccc1)NC(=O)C(CC(C)C)N(COC=O)C(=O)C(C)NC(=O)CN1CCOCC1)C1(C)CO1. The maximum atomic E-state index is 14.3. The lowest BCUT2D eigenvalue weighted by Crippen LogP contribution is -2.60. The molecule has 0 radical (unpaired) electrons. The Morgan fingerprint density at radius 2 is 1.59 bits per heavy atom. The number of amides is 4. The molecule has 5 unspecified atom stereocenters. The van der Waals surface area contributed by atoms with E-state index in [1.165, 1.54) is 6.92 Å². The molecular weight excluding hydrogens is 656 g/mol. The Balaban J connectivity index is 1.88. The first kappa shape index (κ1) is 41.5. The van der Waals surface area contributed by atoms with E-state index in [2.05, 4.69) is 29.8 Å². The molecule has 51 heavy (non-hydrogen) atoms. The first-order chi connectivity index (χ1) is 24.3. The Hall–Kier alpha value is -3.88. The Morgan fingerprint density at radius 3 is 2.16 bits per heavy atom. The van der Waals surface area contributed by atoms with E-state index in [0.717, 1.165) is 16.2 Å². The first-order valence-electron chi connectivity index (χ1n) is 18.1. The fourth-order valence-electron chi connectivity index (χ4n) is 6.18. The number of morpholine rings is 1. The third-order valence-electron chi connectivity index (χ3n) is 8.87. The van der Waals surface area contributed by atoms with Crippen LogP contribution in [0.2, 0.25) is 0 Å². The van der Waals surface area contributed by atoms with Gasteiger partial charge in [0, 0.05) is 26.1 Å². The summed E-state index contributed by atoms with van der Waals surface area (Å²) in [6.07, 6.45) is 1.00. The number of hydrogen-bond acceptors (Lipinski definition) is 10. The maximum Gasteiger partial charge on any atom is 0.294 e. The lowest BCUT2D eigenvalue weighted by atomic mass is 9.91.